The monoisotopic (exact) mass is 386 g/mol. The maximum absolute atomic E-state index is 12.9. The van der Waals surface area contributed by atoms with Crippen LogP contribution in [-0.2, 0) is 0 Å². The van der Waals surface area contributed by atoms with Crippen LogP contribution in [0.5, 0.6) is 5.75 Å². The normalized spacial score (nSPS) is 10.3. The van der Waals surface area contributed by atoms with Crippen molar-refractivity contribution in [1.82, 2.24) is 4.98 Å². The van der Waals surface area contributed by atoms with Crippen LogP contribution in [0.15, 0.2) is 60.8 Å². The zero-order valence-electron chi connectivity index (χ0n) is 17.0. The number of carbonyl (C=O) groups is 1. The van der Waals surface area contributed by atoms with Gasteiger partial charge in [0.2, 0.25) is 0 Å². The number of hydrogen-bond acceptors (Lipinski definition) is 3. The number of anilines is 1. The van der Waals surface area contributed by atoms with E-state index in [2.05, 4.69) is 16.8 Å². The fraction of sp³-hybridized carbons (Fsp3) is 0.280. The Labute approximate surface area is 172 Å². The number of rotatable bonds is 8. The van der Waals surface area contributed by atoms with Gasteiger partial charge in [-0.05, 0) is 62.6 Å². The molecule has 3 aromatic rings. The van der Waals surface area contributed by atoms with Crippen molar-refractivity contribution < 1.29 is 9.53 Å². The van der Waals surface area contributed by atoms with Crippen LogP contribution < -0.4 is 9.64 Å². The molecule has 0 atom stereocenters. The van der Waals surface area contributed by atoms with Crippen LogP contribution in [0.1, 0.15) is 43.0 Å². The van der Waals surface area contributed by atoms with E-state index in [0.29, 0.717) is 12.2 Å². The summed E-state index contributed by atoms with van der Waals surface area (Å²) in [6.07, 6.45) is 5.90. The van der Waals surface area contributed by atoms with Gasteiger partial charge in [0.05, 0.1) is 12.1 Å². The lowest BCUT2D eigenvalue weighted by atomic mass is 10.1. The quantitative estimate of drug-likeness (QED) is 0.381. The molecule has 0 spiro atoms. The summed E-state index contributed by atoms with van der Waals surface area (Å²) in [7, 11) is 1.78. The van der Waals surface area contributed by atoms with Crippen LogP contribution in [0.2, 0.25) is 0 Å². The minimum absolute atomic E-state index is 0.0649. The first-order valence-electron chi connectivity index (χ1n) is 9.94. The Morgan fingerprint density at radius 1 is 1.07 bits per heavy atom. The minimum atomic E-state index is -0.0649. The second kappa shape index (κ2) is 10.3. The molecule has 0 fully saturated rings. The highest BCUT2D eigenvalue weighted by atomic mass is 16.5. The van der Waals surface area contributed by atoms with Gasteiger partial charge in [-0.2, -0.15) is 0 Å². The molecule has 3 rings (SSSR count). The highest BCUT2D eigenvalue weighted by Crippen LogP contribution is 2.23. The van der Waals surface area contributed by atoms with Crippen molar-refractivity contribution in [2.45, 2.75) is 32.6 Å². The summed E-state index contributed by atoms with van der Waals surface area (Å²) >= 11 is 0. The van der Waals surface area contributed by atoms with Crippen molar-refractivity contribution in [2.75, 3.05) is 18.6 Å². The number of aromatic nitrogens is 1. The fourth-order valence-corrected chi connectivity index (χ4v) is 3.11. The zero-order chi connectivity index (χ0) is 20.5. The summed E-state index contributed by atoms with van der Waals surface area (Å²) in [6.45, 7) is 2.54. The summed E-state index contributed by atoms with van der Waals surface area (Å²) in [5, 5.41) is 0.953. The molecule has 0 aliphatic heterocycles. The SMILES string of the molecule is CC#CCCCCCOc1cccc(N(C)C(=O)c2ccc3ncccc3c2)c1. The van der Waals surface area contributed by atoms with Gasteiger partial charge in [0.25, 0.3) is 5.91 Å². The van der Waals surface area contributed by atoms with E-state index in [1.54, 1.807) is 18.1 Å². The lowest BCUT2D eigenvalue weighted by Crippen LogP contribution is -2.26. The number of unbranched alkanes of at least 4 members (excludes halogenated alkanes) is 3. The molecule has 0 aliphatic carbocycles. The van der Waals surface area contributed by atoms with E-state index < -0.39 is 0 Å². The Bertz CT molecular complexity index is 1030. The Kier molecular flexibility index (Phi) is 7.24. The van der Waals surface area contributed by atoms with Gasteiger partial charge in [0.15, 0.2) is 0 Å². The first kappa shape index (κ1) is 20.4. The predicted octanol–water partition coefficient (Wildman–Crippen LogP) is 5.47. The Morgan fingerprint density at radius 2 is 1.97 bits per heavy atom. The molecule has 0 unspecified atom stereocenters. The number of nitrogens with zero attached hydrogens (tertiary/aromatic N) is 2. The van der Waals surface area contributed by atoms with E-state index in [4.69, 9.17) is 4.74 Å². The standard InChI is InChI=1S/C25H26N2O2/c1-3-4-5-6-7-8-17-29-23-13-9-12-22(19-23)27(2)25(28)21-14-15-24-20(18-21)11-10-16-26-24/h9-16,18-19H,5-8,17H2,1-2H3. The first-order chi connectivity index (χ1) is 14.2. The van der Waals surface area contributed by atoms with Crippen molar-refractivity contribution >= 4 is 22.5 Å². The van der Waals surface area contributed by atoms with Crippen LogP contribution in [0.3, 0.4) is 0 Å². The van der Waals surface area contributed by atoms with E-state index in [1.807, 2.05) is 61.5 Å². The molecule has 1 amide bonds. The topological polar surface area (TPSA) is 42.4 Å². The van der Waals surface area contributed by atoms with Gasteiger partial charge >= 0.3 is 0 Å². The van der Waals surface area contributed by atoms with E-state index in [1.165, 1.54) is 0 Å². The summed E-state index contributed by atoms with van der Waals surface area (Å²) < 4.78 is 5.86. The van der Waals surface area contributed by atoms with E-state index in [9.17, 15) is 4.79 Å². The van der Waals surface area contributed by atoms with Crippen molar-refractivity contribution in [3.05, 3.63) is 66.4 Å². The molecule has 4 nitrogen and oxygen atoms in total. The molecule has 2 aromatic carbocycles. The molecule has 0 radical (unpaired) electrons. The Hall–Kier alpha value is -3.32. The van der Waals surface area contributed by atoms with Crippen molar-refractivity contribution in [2.24, 2.45) is 0 Å². The van der Waals surface area contributed by atoms with Gasteiger partial charge in [0, 0.05) is 42.4 Å². The molecule has 148 valence electrons. The lowest BCUT2D eigenvalue weighted by molar-refractivity contribution is 0.0993. The number of ether oxygens (including phenoxy) is 1. The lowest BCUT2D eigenvalue weighted by Gasteiger charge is -2.18. The molecule has 0 aliphatic rings. The van der Waals surface area contributed by atoms with Crippen LogP contribution in [-0.4, -0.2) is 24.5 Å². The highest BCUT2D eigenvalue weighted by Gasteiger charge is 2.14. The van der Waals surface area contributed by atoms with Gasteiger partial charge in [0.1, 0.15) is 5.75 Å². The van der Waals surface area contributed by atoms with Gasteiger partial charge in [-0.25, -0.2) is 0 Å². The third kappa shape index (κ3) is 5.58. The summed E-state index contributed by atoms with van der Waals surface area (Å²) in [6, 6.07) is 17.1. The summed E-state index contributed by atoms with van der Waals surface area (Å²) in [5.74, 6) is 6.70. The number of fused-ring (bicyclic) bond motifs is 1. The third-order valence-electron chi connectivity index (χ3n) is 4.75. The van der Waals surface area contributed by atoms with E-state index in [0.717, 1.165) is 48.0 Å². The minimum Gasteiger partial charge on any atom is -0.494 e. The first-order valence-corrected chi connectivity index (χ1v) is 9.94. The van der Waals surface area contributed by atoms with E-state index >= 15 is 0 Å². The second-order valence-electron chi connectivity index (χ2n) is 6.86. The largest absolute Gasteiger partial charge is 0.494 e. The van der Waals surface area contributed by atoms with Crippen molar-refractivity contribution in [3.63, 3.8) is 0 Å². The second-order valence-corrected chi connectivity index (χ2v) is 6.86. The number of benzene rings is 2. The predicted molar refractivity (Wildman–Crippen MR) is 118 cm³/mol. The smallest absolute Gasteiger partial charge is 0.258 e. The van der Waals surface area contributed by atoms with Gasteiger partial charge in [-0.3, -0.25) is 9.78 Å². The van der Waals surface area contributed by atoms with Crippen molar-refractivity contribution in [3.8, 4) is 17.6 Å². The Balaban J connectivity index is 1.61. The van der Waals surface area contributed by atoms with E-state index in [-0.39, 0.29) is 5.91 Å². The fourth-order valence-electron chi connectivity index (χ4n) is 3.11. The summed E-state index contributed by atoms with van der Waals surface area (Å²) in [5.41, 5.74) is 2.32. The average molecular weight is 386 g/mol. The third-order valence-corrected chi connectivity index (χ3v) is 4.75. The molecule has 0 saturated carbocycles. The molecule has 1 heterocycles. The molecule has 0 N–H and O–H groups in total. The number of carbonyl (C=O) groups excluding carboxylic acids is 1. The average Bonchev–Trinajstić information content (AvgIpc) is 2.77. The zero-order valence-corrected chi connectivity index (χ0v) is 17.0. The van der Waals surface area contributed by atoms with Gasteiger partial charge in [-0.15, -0.1) is 11.8 Å². The van der Waals surface area contributed by atoms with Crippen LogP contribution >= 0.6 is 0 Å². The number of hydrogen-bond donors (Lipinski definition) is 0. The molecule has 4 heteroatoms. The summed E-state index contributed by atoms with van der Waals surface area (Å²) in [4.78, 5) is 18.9. The van der Waals surface area contributed by atoms with Crippen molar-refractivity contribution in [1.29, 1.82) is 0 Å². The molecule has 0 bridgehead atoms. The maximum atomic E-state index is 12.9. The van der Waals surface area contributed by atoms with Crippen LogP contribution in [0, 0.1) is 11.8 Å². The molecule has 0 saturated heterocycles. The number of pyridine rings is 1. The molecular formula is C25H26N2O2. The molecular weight excluding hydrogens is 360 g/mol. The number of amides is 1. The Morgan fingerprint density at radius 3 is 2.83 bits per heavy atom. The van der Waals surface area contributed by atoms with Gasteiger partial charge < -0.3 is 9.64 Å². The molecule has 1 aromatic heterocycles. The van der Waals surface area contributed by atoms with Gasteiger partial charge in [-0.1, -0.05) is 12.1 Å². The highest BCUT2D eigenvalue weighted by molar-refractivity contribution is 6.07. The maximum Gasteiger partial charge on any atom is 0.258 e. The van der Waals surface area contributed by atoms with Crippen LogP contribution in [0.4, 0.5) is 5.69 Å². The van der Waals surface area contributed by atoms with Crippen LogP contribution in [0.25, 0.3) is 10.9 Å². The molecule has 29 heavy (non-hydrogen) atoms.